The Balaban J connectivity index is 1.71. The largest absolute Gasteiger partial charge is 0.497 e. The van der Waals surface area contributed by atoms with Crippen LogP contribution in [0.2, 0.25) is 0 Å². The quantitative estimate of drug-likeness (QED) is 0.872. The number of guanidine groups is 1. The Kier molecular flexibility index (Phi) is 3.49. The molecule has 2 aromatic rings. The summed E-state index contributed by atoms with van der Waals surface area (Å²) < 4.78 is 5.22. The molecule has 5 nitrogen and oxygen atoms in total. The number of para-hydroxylation sites is 1. The fourth-order valence-electron chi connectivity index (χ4n) is 3.39. The first-order valence-corrected chi connectivity index (χ1v) is 8.05. The second-order valence-electron chi connectivity index (χ2n) is 6.10. The van der Waals surface area contributed by atoms with Crippen molar-refractivity contribution in [2.45, 2.75) is 19.5 Å². The third-order valence-corrected chi connectivity index (χ3v) is 4.67. The Morgan fingerprint density at radius 2 is 1.92 bits per heavy atom. The van der Waals surface area contributed by atoms with Crippen molar-refractivity contribution < 1.29 is 9.53 Å². The highest BCUT2D eigenvalue weighted by Crippen LogP contribution is 2.38. The van der Waals surface area contributed by atoms with Gasteiger partial charge in [0.1, 0.15) is 12.3 Å². The SMILES string of the molecule is COc1ccc(CN2C3=NC(=O)CN3c3ccccc3C2C)cc1. The highest BCUT2D eigenvalue weighted by atomic mass is 16.5. The zero-order valence-electron chi connectivity index (χ0n) is 13.8. The summed E-state index contributed by atoms with van der Waals surface area (Å²) in [7, 11) is 1.66. The summed E-state index contributed by atoms with van der Waals surface area (Å²) in [5, 5.41) is 0. The number of hydrogen-bond acceptors (Lipinski definition) is 4. The van der Waals surface area contributed by atoms with Crippen LogP contribution in [0.4, 0.5) is 5.69 Å². The van der Waals surface area contributed by atoms with Crippen LogP contribution in [-0.2, 0) is 11.3 Å². The number of fused-ring (bicyclic) bond motifs is 3. The van der Waals surface area contributed by atoms with E-state index in [1.807, 2.05) is 41.3 Å². The molecular weight excluding hydrogens is 302 g/mol. The number of ether oxygens (including phenoxy) is 1. The third-order valence-electron chi connectivity index (χ3n) is 4.67. The van der Waals surface area contributed by atoms with E-state index in [0.29, 0.717) is 13.1 Å². The molecule has 1 amide bonds. The highest BCUT2D eigenvalue weighted by Gasteiger charge is 2.38. The second-order valence-corrected chi connectivity index (χ2v) is 6.10. The molecule has 2 aromatic carbocycles. The minimum absolute atomic E-state index is 0.0892. The van der Waals surface area contributed by atoms with Crippen molar-refractivity contribution in [3.8, 4) is 5.75 Å². The molecule has 0 bridgehead atoms. The van der Waals surface area contributed by atoms with E-state index in [2.05, 4.69) is 28.9 Å². The lowest BCUT2D eigenvalue weighted by Crippen LogP contribution is -2.47. The van der Waals surface area contributed by atoms with E-state index in [1.165, 1.54) is 5.56 Å². The van der Waals surface area contributed by atoms with Gasteiger partial charge in [0.05, 0.1) is 13.2 Å². The van der Waals surface area contributed by atoms with Gasteiger partial charge < -0.3 is 14.5 Å². The van der Waals surface area contributed by atoms with Crippen LogP contribution < -0.4 is 9.64 Å². The van der Waals surface area contributed by atoms with Crippen molar-refractivity contribution in [1.82, 2.24) is 4.90 Å². The number of nitrogens with zero attached hydrogens (tertiary/aromatic N) is 3. The molecule has 1 unspecified atom stereocenters. The lowest BCUT2D eigenvalue weighted by atomic mass is 10.0. The molecule has 0 aliphatic carbocycles. The third kappa shape index (κ3) is 2.33. The predicted octanol–water partition coefficient (Wildman–Crippen LogP) is 2.97. The fraction of sp³-hybridized carbons (Fsp3) is 0.263. The molecule has 2 aliphatic rings. The van der Waals surface area contributed by atoms with Gasteiger partial charge >= 0.3 is 0 Å². The van der Waals surface area contributed by atoms with Crippen molar-refractivity contribution in [3.05, 3.63) is 59.7 Å². The Morgan fingerprint density at radius 3 is 2.67 bits per heavy atom. The Hall–Kier alpha value is -2.82. The minimum Gasteiger partial charge on any atom is -0.497 e. The molecule has 2 aliphatic heterocycles. The van der Waals surface area contributed by atoms with Gasteiger partial charge in [0.25, 0.3) is 5.91 Å². The van der Waals surface area contributed by atoms with Gasteiger partial charge in [-0.15, -0.1) is 0 Å². The number of hydrogen-bond donors (Lipinski definition) is 0. The number of rotatable bonds is 3. The van der Waals surface area contributed by atoms with Gasteiger partial charge in [-0.25, -0.2) is 0 Å². The molecule has 0 saturated carbocycles. The van der Waals surface area contributed by atoms with E-state index in [0.717, 1.165) is 23.0 Å². The summed E-state index contributed by atoms with van der Waals surface area (Å²) in [6, 6.07) is 16.4. The average molecular weight is 321 g/mol. The summed E-state index contributed by atoms with van der Waals surface area (Å²) in [6.45, 7) is 3.17. The predicted molar refractivity (Wildman–Crippen MR) is 93.2 cm³/mol. The molecule has 0 N–H and O–H groups in total. The molecule has 4 rings (SSSR count). The maximum Gasteiger partial charge on any atom is 0.268 e. The van der Waals surface area contributed by atoms with Crippen LogP contribution in [0.3, 0.4) is 0 Å². The van der Waals surface area contributed by atoms with Gasteiger partial charge in [-0.2, -0.15) is 4.99 Å². The number of amides is 1. The summed E-state index contributed by atoms with van der Waals surface area (Å²) >= 11 is 0. The number of benzene rings is 2. The van der Waals surface area contributed by atoms with Crippen molar-refractivity contribution in [3.63, 3.8) is 0 Å². The molecule has 0 saturated heterocycles. The van der Waals surface area contributed by atoms with E-state index < -0.39 is 0 Å². The van der Waals surface area contributed by atoms with Crippen molar-refractivity contribution in [2.24, 2.45) is 4.99 Å². The molecular formula is C19H19N3O2. The van der Waals surface area contributed by atoms with Gasteiger partial charge in [0, 0.05) is 12.2 Å². The first-order valence-electron chi connectivity index (χ1n) is 8.05. The topological polar surface area (TPSA) is 45.1 Å². The molecule has 0 fully saturated rings. The fourth-order valence-corrected chi connectivity index (χ4v) is 3.39. The van der Waals surface area contributed by atoms with Crippen LogP contribution in [0.25, 0.3) is 0 Å². The van der Waals surface area contributed by atoms with Crippen molar-refractivity contribution >= 4 is 17.6 Å². The van der Waals surface area contributed by atoms with E-state index in [-0.39, 0.29) is 11.9 Å². The zero-order valence-corrected chi connectivity index (χ0v) is 13.8. The van der Waals surface area contributed by atoms with E-state index in [4.69, 9.17) is 4.74 Å². The molecule has 0 spiro atoms. The van der Waals surface area contributed by atoms with Gasteiger partial charge in [0.2, 0.25) is 5.96 Å². The lowest BCUT2D eigenvalue weighted by Gasteiger charge is -2.41. The van der Waals surface area contributed by atoms with Crippen LogP contribution in [0.15, 0.2) is 53.5 Å². The van der Waals surface area contributed by atoms with Gasteiger partial charge in [0.15, 0.2) is 0 Å². The van der Waals surface area contributed by atoms with Crippen molar-refractivity contribution in [1.29, 1.82) is 0 Å². The molecule has 0 radical (unpaired) electrons. The van der Waals surface area contributed by atoms with E-state index >= 15 is 0 Å². The highest BCUT2D eigenvalue weighted by molar-refractivity contribution is 6.13. The number of carbonyl (C=O) groups excluding carboxylic acids is 1. The normalized spacial score (nSPS) is 19.0. The van der Waals surface area contributed by atoms with Gasteiger partial charge in [-0.3, -0.25) is 4.79 Å². The molecule has 0 aromatic heterocycles. The van der Waals surface area contributed by atoms with Crippen LogP contribution in [0, 0.1) is 0 Å². The summed E-state index contributed by atoms with van der Waals surface area (Å²) in [4.78, 5) is 20.4. The maximum absolute atomic E-state index is 11.9. The summed E-state index contributed by atoms with van der Waals surface area (Å²) in [6.07, 6.45) is 0. The maximum atomic E-state index is 11.9. The van der Waals surface area contributed by atoms with Crippen LogP contribution in [0.5, 0.6) is 5.75 Å². The summed E-state index contributed by atoms with van der Waals surface area (Å²) in [5.74, 6) is 1.50. The molecule has 122 valence electrons. The minimum atomic E-state index is -0.0892. The van der Waals surface area contributed by atoms with Crippen molar-refractivity contribution in [2.75, 3.05) is 18.6 Å². The van der Waals surface area contributed by atoms with Gasteiger partial charge in [-0.1, -0.05) is 30.3 Å². The number of carbonyl (C=O) groups is 1. The number of anilines is 1. The standard InChI is InChI=1S/C19H19N3O2/c1-13-16-5-3-4-6-17(16)22-12-18(23)20-19(22)21(13)11-14-7-9-15(24-2)10-8-14/h3-10,13H,11-12H2,1-2H3. The summed E-state index contributed by atoms with van der Waals surface area (Å²) in [5.41, 5.74) is 3.46. The number of aliphatic imine (C=N–C) groups is 1. The van der Waals surface area contributed by atoms with Crippen LogP contribution in [-0.4, -0.2) is 30.4 Å². The second kappa shape index (κ2) is 5.67. The molecule has 5 heteroatoms. The zero-order chi connectivity index (χ0) is 16.7. The average Bonchev–Trinajstić information content (AvgIpc) is 3.01. The molecule has 2 heterocycles. The molecule has 1 atom stereocenters. The Bertz CT molecular complexity index is 814. The smallest absolute Gasteiger partial charge is 0.268 e. The van der Waals surface area contributed by atoms with Crippen LogP contribution >= 0.6 is 0 Å². The Morgan fingerprint density at radius 1 is 1.17 bits per heavy atom. The van der Waals surface area contributed by atoms with Gasteiger partial charge in [-0.05, 0) is 36.2 Å². The lowest BCUT2D eigenvalue weighted by molar-refractivity contribution is -0.115. The number of methoxy groups -OCH3 is 1. The van der Waals surface area contributed by atoms with E-state index in [1.54, 1.807) is 7.11 Å². The van der Waals surface area contributed by atoms with Crippen LogP contribution in [0.1, 0.15) is 24.1 Å². The monoisotopic (exact) mass is 321 g/mol. The first-order chi connectivity index (χ1) is 11.7. The van der Waals surface area contributed by atoms with E-state index in [9.17, 15) is 4.79 Å². The Labute approximate surface area is 141 Å². The first kappa shape index (κ1) is 14.8. The molecule has 24 heavy (non-hydrogen) atoms.